The number of hydrogen-bond donors (Lipinski definition) is 2. The molecule has 0 unspecified atom stereocenters. The van der Waals surface area contributed by atoms with Crippen molar-refractivity contribution in [3.05, 3.63) is 34.3 Å². The van der Waals surface area contributed by atoms with Crippen LogP contribution >= 0.6 is 15.9 Å². The normalized spacial score (nSPS) is 20.2. The quantitative estimate of drug-likeness (QED) is 0.873. The predicted molar refractivity (Wildman–Crippen MR) is 80.1 cm³/mol. The van der Waals surface area contributed by atoms with Crippen molar-refractivity contribution in [2.24, 2.45) is 5.92 Å². The zero-order valence-corrected chi connectivity index (χ0v) is 12.9. The molecule has 0 aliphatic carbocycles. The van der Waals surface area contributed by atoms with Crippen LogP contribution in [0.1, 0.15) is 31.4 Å². The number of aliphatic hydroxyl groups is 1. The molecule has 1 fully saturated rings. The standard InChI is InChI=1S/C15H22BrNO2/c1-11(18)10-17-15(13-6-8-19-9-7-13)12-2-4-14(16)5-3-12/h2-5,11,13,15,17-18H,6-10H2,1H3/t11-,15+/m1/s1. The Hall–Kier alpha value is -0.420. The van der Waals surface area contributed by atoms with Crippen molar-refractivity contribution >= 4 is 15.9 Å². The Bertz CT molecular complexity index is 374. The molecule has 2 N–H and O–H groups in total. The van der Waals surface area contributed by atoms with E-state index in [1.165, 1.54) is 5.56 Å². The molecule has 1 saturated heterocycles. The van der Waals surface area contributed by atoms with Crippen LogP contribution in [0.2, 0.25) is 0 Å². The molecule has 0 bridgehead atoms. The summed E-state index contributed by atoms with van der Waals surface area (Å²) >= 11 is 3.47. The van der Waals surface area contributed by atoms with Crippen molar-refractivity contribution in [2.75, 3.05) is 19.8 Å². The minimum Gasteiger partial charge on any atom is -0.392 e. The van der Waals surface area contributed by atoms with E-state index in [0.717, 1.165) is 30.5 Å². The number of rotatable bonds is 5. The third kappa shape index (κ3) is 4.56. The Morgan fingerprint density at radius 3 is 2.53 bits per heavy atom. The van der Waals surface area contributed by atoms with Gasteiger partial charge in [0.15, 0.2) is 0 Å². The molecule has 0 radical (unpaired) electrons. The number of ether oxygens (including phenoxy) is 1. The third-order valence-electron chi connectivity index (χ3n) is 3.60. The number of aliphatic hydroxyl groups excluding tert-OH is 1. The van der Waals surface area contributed by atoms with Gasteiger partial charge in [0.1, 0.15) is 0 Å². The lowest BCUT2D eigenvalue weighted by molar-refractivity contribution is 0.0515. The van der Waals surface area contributed by atoms with E-state index in [2.05, 4.69) is 45.5 Å². The fourth-order valence-electron chi connectivity index (χ4n) is 2.57. The topological polar surface area (TPSA) is 41.5 Å². The molecule has 1 aromatic carbocycles. The van der Waals surface area contributed by atoms with Gasteiger partial charge in [-0.25, -0.2) is 0 Å². The van der Waals surface area contributed by atoms with Crippen LogP contribution in [0.4, 0.5) is 0 Å². The molecule has 1 aliphatic heterocycles. The van der Waals surface area contributed by atoms with Gasteiger partial charge < -0.3 is 15.2 Å². The van der Waals surface area contributed by atoms with Crippen molar-refractivity contribution in [1.29, 1.82) is 0 Å². The number of benzene rings is 1. The second-order valence-electron chi connectivity index (χ2n) is 5.24. The van der Waals surface area contributed by atoms with Crippen LogP contribution in [0.3, 0.4) is 0 Å². The molecule has 1 aliphatic rings. The SMILES string of the molecule is C[C@@H](O)CN[C@@H](c1ccc(Br)cc1)C1CCOCC1. The van der Waals surface area contributed by atoms with E-state index >= 15 is 0 Å². The fraction of sp³-hybridized carbons (Fsp3) is 0.600. The van der Waals surface area contributed by atoms with Crippen LogP contribution in [-0.2, 0) is 4.74 Å². The van der Waals surface area contributed by atoms with Gasteiger partial charge >= 0.3 is 0 Å². The molecular weight excluding hydrogens is 306 g/mol. The molecule has 1 aromatic rings. The lowest BCUT2D eigenvalue weighted by Crippen LogP contribution is -2.35. The summed E-state index contributed by atoms with van der Waals surface area (Å²) in [6, 6.07) is 8.75. The number of halogens is 1. The summed E-state index contributed by atoms with van der Waals surface area (Å²) in [6.07, 6.45) is 1.83. The molecule has 0 saturated carbocycles. The van der Waals surface area contributed by atoms with Gasteiger partial charge in [0.2, 0.25) is 0 Å². The van der Waals surface area contributed by atoms with Crippen LogP contribution in [0, 0.1) is 5.92 Å². The van der Waals surface area contributed by atoms with E-state index in [1.807, 2.05) is 6.92 Å². The first kappa shape index (κ1) is 15.0. The lowest BCUT2D eigenvalue weighted by Gasteiger charge is -2.32. The average molecular weight is 328 g/mol. The Kier molecular flexibility index (Phi) is 5.82. The third-order valence-corrected chi connectivity index (χ3v) is 4.13. The molecule has 4 heteroatoms. The van der Waals surface area contributed by atoms with E-state index in [1.54, 1.807) is 0 Å². The van der Waals surface area contributed by atoms with Gasteiger partial charge in [0, 0.05) is 30.3 Å². The van der Waals surface area contributed by atoms with Crippen LogP contribution in [0.25, 0.3) is 0 Å². The maximum absolute atomic E-state index is 9.50. The second-order valence-corrected chi connectivity index (χ2v) is 6.15. The van der Waals surface area contributed by atoms with Crippen LogP contribution < -0.4 is 5.32 Å². The molecule has 2 atom stereocenters. The van der Waals surface area contributed by atoms with Gasteiger partial charge in [-0.15, -0.1) is 0 Å². The van der Waals surface area contributed by atoms with Crippen molar-refractivity contribution in [1.82, 2.24) is 5.32 Å². The highest BCUT2D eigenvalue weighted by molar-refractivity contribution is 9.10. The van der Waals surface area contributed by atoms with Gasteiger partial charge in [-0.1, -0.05) is 28.1 Å². The average Bonchev–Trinajstić information content (AvgIpc) is 2.42. The molecule has 1 heterocycles. The summed E-state index contributed by atoms with van der Waals surface area (Å²) in [5.41, 5.74) is 1.29. The van der Waals surface area contributed by atoms with Crippen LogP contribution in [0.5, 0.6) is 0 Å². The zero-order chi connectivity index (χ0) is 13.7. The zero-order valence-electron chi connectivity index (χ0n) is 11.3. The highest BCUT2D eigenvalue weighted by atomic mass is 79.9. The molecule has 19 heavy (non-hydrogen) atoms. The van der Waals surface area contributed by atoms with Gasteiger partial charge in [-0.05, 0) is 43.4 Å². The first-order valence-electron chi connectivity index (χ1n) is 6.91. The van der Waals surface area contributed by atoms with Gasteiger partial charge in [-0.3, -0.25) is 0 Å². The van der Waals surface area contributed by atoms with Crippen LogP contribution in [0.15, 0.2) is 28.7 Å². The van der Waals surface area contributed by atoms with Crippen molar-refractivity contribution < 1.29 is 9.84 Å². The first-order valence-corrected chi connectivity index (χ1v) is 7.71. The van der Waals surface area contributed by atoms with Gasteiger partial charge in [-0.2, -0.15) is 0 Å². The van der Waals surface area contributed by atoms with E-state index in [0.29, 0.717) is 18.5 Å². The minimum absolute atomic E-state index is 0.298. The second kappa shape index (κ2) is 7.39. The fourth-order valence-corrected chi connectivity index (χ4v) is 2.84. The summed E-state index contributed by atoms with van der Waals surface area (Å²) in [7, 11) is 0. The first-order chi connectivity index (χ1) is 9.16. The van der Waals surface area contributed by atoms with Gasteiger partial charge in [0.25, 0.3) is 0 Å². The molecule has 106 valence electrons. The Labute approximate surface area is 123 Å². The Morgan fingerprint density at radius 2 is 1.95 bits per heavy atom. The molecule has 0 amide bonds. The van der Waals surface area contributed by atoms with E-state index in [9.17, 15) is 5.11 Å². The molecule has 2 rings (SSSR count). The largest absolute Gasteiger partial charge is 0.392 e. The monoisotopic (exact) mass is 327 g/mol. The summed E-state index contributed by atoms with van der Waals surface area (Å²) in [5.74, 6) is 0.577. The van der Waals surface area contributed by atoms with E-state index in [4.69, 9.17) is 4.74 Å². The van der Waals surface area contributed by atoms with E-state index < -0.39 is 0 Å². The summed E-state index contributed by atoms with van der Waals surface area (Å²) in [5, 5.41) is 13.0. The smallest absolute Gasteiger partial charge is 0.0636 e. The van der Waals surface area contributed by atoms with Gasteiger partial charge in [0.05, 0.1) is 6.10 Å². The van der Waals surface area contributed by atoms with Crippen molar-refractivity contribution in [3.8, 4) is 0 Å². The highest BCUT2D eigenvalue weighted by Crippen LogP contribution is 2.30. The van der Waals surface area contributed by atoms with Crippen molar-refractivity contribution in [2.45, 2.75) is 31.9 Å². The maximum atomic E-state index is 9.50. The van der Waals surface area contributed by atoms with E-state index in [-0.39, 0.29) is 6.10 Å². The summed E-state index contributed by atoms with van der Waals surface area (Å²) in [4.78, 5) is 0. The maximum Gasteiger partial charge on any atom is 0.0636 e. The summed E-state index contributed by atoms with van der Waals surface area (Å²) < 4.78 is 6.54. The molecule has 3 nitrogen and oxygen atoms in total. The minimum atomic E-state index is -0.321. The molecule has 0 aromatic heterocycles. The van der Waals surface area contributed by atoms with Crippen molar-refractivity contribution in [3.63, 3.8) is 0 Å². The van der Waals surface area contributed by atoms with Crippen LogP contribution in [-0.4, -0.2) is 31.0 Å². The molecule has 0 spiro atoms. The Morgan fingerprint density at radius 1 is 1.32 bits per heavy atom. The Balaban J connectivity index is 2.10. The number of nitrogens with one attached hydrogen (secondary N) is 1. The summed E-state index contributed by atoms with van der Waals surface area (Å²) in [6.45, 7) is 4.12. The highest BCUT2D eigenvalue weighted by Gasteiger charge is 2.25. The number of hydrogen-bond acceptors (Lipinski definition) is 3. The lowest BCUT2D eigenvalue weighted by atomic mass is 9.87. The predicted octanol–water partition coefficient (Wildman–Crippen LogP) is 2.89. The molecular formula is C15H22BrNO2.